The van der Waals surface area contributed by atoms with Crippen molar-refractivity contribution in [2.24, 2.45) is 17.3 Å². The zero-order valence-electron chi connectivity index (χ0n) is 16.1. The second kappa shape index (κ2) is 7.04. The van der Waals surface area contributed by atoms with Crippen LogP contribution in [0.2, 0.25) is 0 Å². The molecule has 0 radical (unpaired) electrons. The maximum absolute atomic E-state index is 12.7. The topological polar surface area (TPSA) is 65.1 Å². The summed E-state index contributed by atoms with van der Waals surface area (Å²) in [7, 11) is 4.53. The monoisotopic (exact) mass is 381 g/mol. The third-order valence-corrected chi connectivity index (χ3v) is 5.99. The SMILES string of the molecule is COC(=O)C1C(C(=O)OC)C12C(c1ccccc1)ON(C)C2c1ccccc1. The quantitative estimate of drug-likeness (QED) is 0.759. The normalized spacial score (nSPS) is 31.5. The fourth-order valence-corrected chi connectivity index (χ4v) is 4.92. The lowest BCUT2D eigenvalue weighted by Gasteiger charge is -2.25. The number of methoxy groups -OCH3 is 2. The zero-order valence-corrected chi connectivity index (χ0v) is 16.1. The van der Waals surface area contributed by atoms with Gasteiger partial charge in [-0.25, -0.2) is 0 Å². The highest BCUT2D eigenvalue weighted by atomic mass is 16.7. The Kier molecular flexibility index (Phi) is 4.69. The van der Waals surface area contributed by atoms with Crippen molar-refractivity contribution in [2.45, 2.75) is 12.1 Å². The fourth-order valence-electron chi connectivity index (χ4n) is 4.92. The molecule has 6 nitrogen and oxygen atoms in total. The molecule has 6 heteroatoms. The van der Waals surface area contributed by atoms with Gasteiger partial charge in [0.25, 0.3) is 0 Å². The maximum Gasteiger partial charge on any atom is 0.310 e. The Morgan fingerprint density at radius 2 is 1.32 bits per heavy atom. The number of benzene rings is 2. The van der Waals surface area contributed by atoms with Crippen LogP contribution >= 0.6 is 0 Å². The molecule has 146 valence electrons. The van der Waals surface area contributed by atoms with Crippen LogP contribution in [0, 0.1) is 17.3 Å². The van der Waals surface area contributed by atoms with E-state index < -0.39 is 35.3 Å². The van der Waals surface area contributed by atoms with E-state index in [-0.39, 0.29) is 6.04 Å². The molecule has 0 amide bonds. The molecule has 4 atom stereocenters. The summed E-state index contributed by atoms with van der Waals surface area (Å²) in [5, 5.41) is 1.76. The summed E-state index contributed by atoms with van der Waals surface area (Å²) in [6, 6.07) is 19.2. The molecule has 0 bridgehead atoms. The Morgan fingerprint density at radius 1 is 0.857 bits per heavy atom. The molecule has 1 aliphatic heterocycles. The molecule has 28 heavy (non-hydrogen) atoms. The smallest absolute Gasteiger partial charge is 0.310 e. The molecule has 1 spiro atoms. The highest BCUT2D eigenvalue weighted by Gasteiger charge is 2.82. The first-order chi connectivity index (χ1) is 13.6. The van der Waals surface area contributed by atoms with Gasteiger partial charge in [0.15, 0.2) is 0 Å². The largest absolute Gasteiger partial charge is 0.469 e. The number of hydrogen-bond acceptors (Lipinski definition) is 6. The molecule has 1 heterocycles. The Morgan fingerprint density at radius 3 is 1.79 bits per heavy atom. The van der Waals surface area contributed by atoms with Crippen LogP contribution in [0.15, 0.2) is 60.7 Å². The molecule has 2 aromatic rings. The van der Waals surface area contributed by atoms with Gasteiger partial charge in [0.05, 0.1) is 37.5 Å². The summed E-state index contributed by atoms with van der Waals surface area (Å²) in [5.41, 5.74) is 1.08. The molecular formula is C22H23NO5. The molecule has 1 aliphatic carbocycles. The van der Waals surface area contributed by atoms with Gasteiger partial charge in [-0.1, -0.05) is 60.7 Å². The van der Waals surface area contributed by atoms with Gasteiger partial charge in [-0.05, 0) is 11.1 Å². The van der Waals surface area contributed by atoms with Gasteiger partial charge < -0.3 is 9.47 Å². The van der Waals surface area contributed by atoms with Crippen LogP contribution in [0.3, 0.4) is 0 Å². The number of ether oxygens (including phenoxy) is 2. The highest BCUT2D eigenvalue weighted by molar-refractivity contribution is 5.91. The van der Waals surface area contributed by atoms with Crippen LogP contribution in [0.25, 0.3) is 0 Å². The van der Waals surface area contributed by atoms with E-state index in [4.69, 9.17) is 14.3 Å². The molecule has 1 saturated carbocycles. The molecule has 0 N–H and O–H groups in total. The van der Waals surface area contributed by atoms with Crippen LogP contribution in [0.5, 0.6) is 0 Å². The van der Waals surface area contributed by atoms with Crippen molar-refractivity contribution < 1.29 is 23.9 Å². The summed E-state index contributed by atoms with van der Waals surface area (Å²) in [6.07, 6.45) is -0.475. The molecule has 2 aliphatic rings. The van der Waals surface area contributed by atoms with E-state index in [0.717, 1.165) is 11.1 Å². The number of carbonyl (C=O) groups is 2. The van der Waals surface area contributed by atoms with Crippen molar-refractivity contribution in [3.05, 3.63) is 71.8 Å². The van der Waals surface area contributed by atoms with Crippen molar-refractivity contribution >= 4 is 11.9 Å². The Bertz CT molecular complexity index is 847. The van der Waals surface area contributed by atoms with E-state index >= 15 is 0 Å². The third-order valence-electron chi connectivity index (χ3n) is 5.99. The molecule has 4 unspecified atom stereocenters. The highest BCUT2D eigenvalue weighted by Crippen LogP contribution is 2.76. The molecule has 0 aromatic heterocycles. The van der Waals surface area contributed by atoms with Crippen molar-refractivity contribution in [3.8, 4) is 0 Å². The molecular weight excluding hydrogens is 358 g/mol. The van der Waals surface area contributed by atoms with Gasteiger partial charge in [-0.15, -0.1) is 0 Å². The second-order valence-electron chi connectivity index (χ2n) is 7.26. The standard InChI is InChI=1S/C22H23NO5/c1-23-18(14-10-6-4-7-11-14)22(19(28-23)15-12-8-5-9-13-15)16(20(24)26-2)17(22)21(25)27-3/h4-13,16-19H,1-3H3. The number of esters is 2. The Hall–Kier alpha value is -2.70. The summed E-state index contributed by atoms with van der Waals surface area (Å²) in [4.78, 5) is 31.7. The van der Waals surface area contributed by atoms with Gasteiger partial charge in [-0.3, -0.25) is 14.4 Å². The first kappa shape index (κ1) is 18.7. The maximum atomic E-state index is 12.7. The number of hydroxylamine groups is 2. The average Bonchev–Trinajstić information content (AvgIpc) is 3.32. The van der Waals surface area contributed by atoms with Crippen molar-refractivity contribution in [1.82, 2.24) is 5.06 Å². The minimum Gasteiger partial charge on any atom is -0.469 e. The number of rotatable bonds is 4. The zero-order chi connectivity index (χ0) is 19.9. The van der Waals surface area contributed by atoms with E-state index in [2.05, 4.69) is 0 Å². The molecule has 2 fully saturated rings. The van der Waals surface area contributed by atoms with E-state index in [1.165, 1.54) is 14.2 Å². The van der Waals surface area contributed by atoms with Crippen LogP contribution in [0.1, 0.15) is 23.3 Å². The van der Waals surface area contributed by atoms with Crippen LogP contribution < -0.4 is 0 Å². The van der Waals surface area contributed by atoms with Crippen molar-refractivity contribution in [3.63, 3.8) is 0 Å². The summed E-state index contributed by atoms with van der Waals surface area (Å²) < 4.78 is 10.1. The van der Waals surface area contributed by atoms with Crippen LogP contribution in [0.4, 0.5) is 0 Å². The summed E-state index contributed by atoms with van der Waals surface area (Å²) in [6.45, 7) is 0. The minimum absolute atomic E-state index is 0.299. The van der Waals surface area contributed by atoms with Gasteiger partial charge in [0, 0.05) is 7.05 Å². The van der Waals surface area contributed by atoms with Crippen LogP contribution in [-0.4, -0.2) is 38.3 Å². The number of hydrogen-bond donors (Lipinski definition) is 0. The molecule has 2 aromatic carbocycles. The molecule has 1 saturated heterocycles. The summed E-state index contributed by atoms with van der Waals surface area (Å²) >= 11 is 0. The van der Waals surface area contributed by atoms with Gasteiger partial charge in [-0.2, -0.15) is 5.06 Å². The second-order valence-corrected chi connectivity index (χ2v) is 7.26. The lowest BCUT2D eigenvalue weighted by molar-refractivity contribution is -0.148. The number of nitrogens with zero attached hydrogens (tertiary/aromatic N) is 1. The van der Waals surface area contributed by atoms with Crippen LogP contribution in [-0.2, 0) is 23.9 Å². The van der Waals surface area contributed by atoms with Crippen molar-refractivity contribution in [2.75, 3.05) is 21.3 Å². The minimum atomic E-state index is -0.808. The first-order valence-electron chi connectivity index (χ1n) is 9.22. The lowest BCUT2D eigenvalue weighted by atomic mass is 9.80. The average molecular weight is 381 g/mol. The summed E-state index contributed by atoms with van der Waals surface area (Å²) in [5.74, 6) is -2.14. The predicted molar refractivity (Wildman–Crippen MR) is 101 cm³/mol. The first-order valence-corrected chi connectivity index (χ1v) is 9.22. The van der Waals surface area contributed by atoms with Crippen molar-refractivity contribution in [1.29, 1.82) is 0 Å². The van der Waals surface area contributed by atoms with Gasteiger partial charge >= 0.3 is 11.9 Å². The molecule has 4 rings (SSSR count). The van der Waals surface area contributed by atoms with E-state index in [9.17, 15) is 9.59 Å². The van der Waals surface area contributed by atoms with E-state index in [1.807, 2.05) is 67.7 Å². The van der Waals surface area contributed by atoms with E-state index in [0.29, 0.717) is 0 Å². The van der Waals surface area contributed by atoms with Gasteiger partial charge in [0.1, 0.15) is 6.10 Å². The Balaban J connectivity index is 1.90. The van der Waals surface area contributed by atoms with E-state index in [1.54, 1.807) is 5.06 Å². The van der Waals surface area contributed by atoms with Gasteiger partial charge in [0.2, 0.25) is 0 Å². The number of carbonyl (C=O) groups excluding carboxylic acids is 2. The Labute approximate surface area is 164 Å². The third kappa shape index (κ3) is 2.56. The fraction of sp³-hybridized carbons (Fsp3) is 0.364. The predicted octanol–water partition coefficient (Wildman–Crippen LogP) is 2.92. The lowest BCUT2D eigenvalue weighted by Crippen LogP contribution is -2.27.